The van der Waals surface area contributed by atoms with Gasteiger partial charge in [0.25, 0.3) is 5.91 Å². The Morgan fingerprint density at radius 1 is 1.12 bits per heavy atom. The number of ether oxygens (including phenoxy) is 1. The zero-order valence-corrected chi connectivity index (χ0v) is 19.6. The van der Waals surface area contributed by atoms with Crippen LogP contribution < -0.4 is 10.1 Å². The lowest BCUT2D eigenvalue weighted by atomic mass is 10.1. The molecule has 0 saturated carbocycles. The van der Waals surface area contributed by atoms with E-state index in [1.54, 1.807) is 13.1 Å². The van der Waals surface area contributed by atoms with Gasteiger partial charge in [0.15, 0.2) is 5.69 Å². The maximum absolute atomic E-state index is 12.8. The number of aromatic nitrogens is 3. The van der Waals surface area contributed by atoms with Gasteiger partial charge in [-0.15, -0.1) is 0 Å². The Bertz CT molecular complexity index is 1220. The van der Waals surface area contributed by atoms with Crippen molar-refractivity contribution in [1.29, 1.82) is 0 Å². The van der Waals surface area contributed by atoms with Gasteiger partial charge in [-0.3, -0.25) is 9.48 Å². The van der Waals surface area contributed by atoms with Crippen molar-refractivity contribution >= 4 is 27.5 Å². The predicted molar refractivity (Wildman–Crippen MR) is 125 cm³/mol. The van der Waals surface area contributed by atoms with Crippen LogP contribution in [0, 0.1) is 20.8 Å². The van der Waals surface area contributed by atoms with Crippen LogP contribution in [0.3, 0.4) is 0 Å². The van der Waals surface area contributed by atoms with Crippen LogP contribution in [0.2, 0.25) is 0 Å². The number of carbonyl (C=O) groups excluding carboxylic acids is 1. The van der Waals surface area contributed by atoms with E-state index in [2.05, 4.69) is 37.6 Å². The fourth-order valence-electron chi connectivity index (χ4n) is 3.41. The summed E-state index contributed by atoms with van der Waals surface area (Å²) < 4.78 is 14.0. The monoisotopic (exact) mass is 494 g/mol. The summed E-state index contributed by atoms with van der Waals surface area (Å²) in [6.45, 7) is 6.64. The minimum Gasteiger partial charge on any atom is -0.489 e. The van der Waals surface area contributed by atoms with E-state index < -0.39 is 0 Å². The highest BCUT2D eigenvalue weighted by atomic mass is 79.9. The first kappa shape index (κ1) is 21.8. The number of rotatable bonds is 7. The molecular formula is C24H23BrN4O3. The molecule has 7 nitrogen and oxygen atoms in total. The number of benzene rings is 2. The van der Waals surface area contributed by atoms with Gasteiger partial charge in [0.1, 0.15) is 18.1 Å². The van der Waals surface area contributed by atoms with Crippen molar-refractivity contribution in [2.75, 3.05) is 5.32 Å². The van der Waals surface area contributed by atoms with E-state index in [4.69, 9.17) is 9.26 Å². The summed E-state index contributed by atoms with van der Waals surface area (Å²) in [4.78, 5) is 12.8. The van der Waals surface area contributed by atoms with Crippen LogP contribution in [-0.2, 0) is 13.2 Å². The lowest BCUT2D eigenvalue weighted by molar-refractivity contribution is 0.101. The largest absolute Gasteiger partial charge is 0.489 e. The van der Waals surface area contributed by atoms with E-state index in [0.717, 1.165) is 26.9 Å². The first-order valence-corrected chi connectivity index (χ1v) is 10.9. The SMILES string of the molecule is Cc1cc(C)cc(OCc2c(C(=O)Nc3ccc(Cn4cc(Br)cn4)cc3)noc2C)c1. The van der Waals surface area contributed by atoms with Gasteiger partial charge in [0, 0.05) is 11.9 Å². The third-order valence-electron chi connectivity index (χ3n) is 4.94. The summed E-state index contributed by atoms with van der Waals surface area (Å²) >= 11 is 3.39. The highest BCUT2D eigenvalue weighted by Crippen LogP contribution is 2.21. The molecule has 0 saturated heterocycles. The number of nitrogens with zero attached hydrogens (tertiary/aromatic N) is 3. The zero-order chi connectivity index (χ0) is 22.7. The van der Waals surface area contributed by atoms with Crippen molar-refractivity contribution in [3.8, 4) is 5.75 Å². The maximum atomic E-state index is 12.8. The number of halogens is 1. The van der Waals surface area contributed by atoms with Gasteiger partial charge in [0.2, 0.25) is 0 Å². The van der Waals surface area contributed by atoms with Crippen molar-refractivity contribution in [3.63, 3.8) is 0 Å². The van der Waals surface area contributed by atoms with E-state index in [0.29, 0.717) is 23.6 Å². The Hall–Kier alpha value is -3.39. The molecule has 0 aliphatic carbocycles. The molecule has 0 aliphatic heterocycles. The number of aryl methyl sites for hydroxylation is 3. The fourth-order valence-corrected chi connectivity index (χ4v) is 3.73. The molecule has 0 unspecified atom stereocenters. The summed E-state index contributed by atoms with van der Waals surface area (Å²) in [5.41, 5.74) is 4.81. The number of amides is 1. The van der Waals surface area contributed by atoms with Gasteiger partial charge < -0.3 is 14.6 Å². The van der Waals surface area contributed by atoms with Crippen LogP contribution in [0.5, 0.6) is 5.75 Å². The average Bonchev–Trinajstić information content (AvgIpc) is 3.32. The molecule has 0 atom stereocenters. The third kappa shape index (κ3) is 5.26. The second-order valence-electron chi connectivity index (χ2n) is 7.69. The molecule has 2 aromatic heterocycles. The fraction of sp³-hybridized carbons (Fsp3) is 0.208. The molecule has 4 rings (SSSR count). The smallest absolute Gasteiger partial charge is 0.278 e. The summed E-state index contributed by atoms with van der Waals surface area (Å²) in [6, 6.07) is 13.6. The molecular weight excluding hydrogens is 472 g/mol. The lowest BCUT2D eigenvalue weighted by Gasteiger charge is -2.09. The quantitative estimate of drug-likeness (QED) is 0.369. The zero-order valence-electron chi connectivity index (χ0n) is 18.1. The van der Waals surface area contributed by atoms with Crippen LogP contribution in [0.4, 0.5) is 5.69 Å². The van der Waals surface area contributed by atoms with Crippen LogP contribution in [0.15, 0.2) is 63.9 Å². The number of nitrogens with one attached hydrogen (secondary N) is 1. The normalized spacial score (nSPS) is 10.9. The summed E-state index contributed by atoms with van der Waals surface area (Å²) in [5, 5.41) is 11.1. The summed E-state index contributed by atoms with van der Waals surface area (Å²) in [7, 11) is 0. The minimum atomic E-state index is -0.343. The van der Waals surface area contributed by atoms with Crippen molar-refractivity contribution < 1.29 is 14.1 Å². The van der Waals surface area contributed by atoms with Crippen molar-refractivity contribution in [1.82, 2.24) is 14.9 Å². The molecule has 0 spiro atoms. The molecule has 8 heteroatoms. The molecule has 1 amide bonds. The summed E-state index contributed by atoms with van der Waals surface area (Å²) in [5.74, 6) is 0.958. The van der Waals surface area contributed by atoms with Gasteiger partial charge in [-0.05, 0) is 77.7 Å². The molecule has 2 aromatic carbocycles. The molecule has 1 N–H and O–H groups in total. The minimum absolute atomic E-state index is 0.194. The second-order valence-corrected chi connectivity index (χ2v) is 8.60. The van der Waals surface area contributed by atoms with E-state index in [9.17, 15) is 4.79 Å². The van der Waals surface area contributed by atoms with Crippen LogP contribution in [0.1, 0.15) is 38.5 Å². The first-order chi connectivity index (χ1) is 15.4. The van der Waals surface area contributed by atoms with Gasteiger partial charge >= 0.3 is 0 Å². The lowest BCUT2D eigenvalue weighted by Crippen LogP contribution is -2.15. The van der Waals surface area contributed by atoms with Gasteiger partial charge in [-0.2, -0.15) is 5.10 Å². The third-order valence-corrected chi connectivity index (χ3v) is 5.35. The standard InChI is InChI=1S/C24H23BrN4O3/c1-15-8-16(2)10-21(9-15)31-14-22-17(3)32-28-23(22)24(30)27-20-6-4-18(5-7-20)12-29-13-19(25)11-26-29/h4-11,13H,12,14H2,1-3H3,(H,27,30). The molecule has 32 heavy (non-hydrogen) atoms. The molecule has 164 valence electrons. The van der Waals surface area contributed by atoms with Gasteiger partial charge in [-0.1, -0.05) is 23.4 Å². The average molecular weight is 495 g/mol. The van der Waals surface area contributed by atoms with E-state index in [1.165, 1.54) is 0 Å². The Balaban J connectivity index is 1.42. The number of carbonyl (C=O) groups is 1. The van der Waals surface area contributed by atoms with E-state index in [-0.39, 0.29) is 18.2 Å². The van der Waals surface area contributed by atoms with Gasteiger partial charge in [-0.25, -0.2) is 0 Å². The van der Waals surface area contributed by atoms with Crippen molar-refractivity contribution in [3.05, 3.63) is 93.0 Å². The number of anilines is 1. The Morgan fingerprint density at radius 2 is 1.84 bits per heavy atom. The Labute approximate surface area is 194 Å². The van der Waals surface area contributed by atoms with Crippen molar-refractivity contribution in [2.45, 2.75) is 33.9 Å². The Morgan fingerprint density at radius 3 is 2.50 bits per heavy atom. The van der Waals surface area contributed by atoms with Gasteiger partial charge in [0.05, 0.1) is 22.8 Å². The van der Waals surface area contributed by atoms with Crippen LogP contribution in [-0.4, -0.2) is 20.8 Å². The molecule has 0 bridgehead atoms. The molecule has 4 aromatic rings. The predicted octanol–water partition coefficient (Wildman–Crippen LogP) is 5.44. The van der Waals surface area contributed by atoms with E-state index >= 15 is 0 Å². The van der Waals surface area contributed by atoms with Crippen molar-refractivity contribution in [2.24, 2.45) is 0 Å². The first-order valence-electron chi connectivity index (χ1n) is 10.1. The summed E-state index contributed by atoms with van der Waals surface area (Å²) in [6.07, 6.45) is 3.65. The topological polar surface area (TPSA) is 82.2 Å². The molecule has 0 radical (unpaired) electrons. The molecule has 2 heterocycles. The highest BCUT2D eigenvalue weighted by Gasteiger charge is 2.20. The number of hydrogen-bond donors (Lipinski definition) is 1. The van der Waals surface area contributed by atoms with Crippen LogP contribution in [0.25, 0.3) is 0 Å². The van der Waals surface area contributed by atoms with Crippen LogP contribution >= 0.6 is 15.9 Å². The highest BCUT2D eigenvalue weighted by molar-refractivity contribution is 9.10. The maximum Gasteiger partial charge on any atom is 0.278 e. The molecule has 0 fully saturated rings. The van der Waals surface area contributed by atoms with E-state index in [1.807, 2.05) is 61.1 Å². The number of hydrogen-bond acceptors (Lipinski definition) is 5. The molecule has 0 aliphatic rings. The Kier molecular flexibility index (Phi) is 6.41. The second kappa shape index (κ2) is 9.40.